The third-order valence-corrected chi connectivity index (χ3v) is 4.24. The fraction of sp³-hybridized carbons (Fsp3) is 0.500. The average Bonchev–Trinajstić information content (AvgIpc) is 2.95. The lowest BCUT2D eigenvalue weighted by molar-refractivity contribution is -0.149. The van der Waals surface area contributed by atoms with E-state index in [1.807, 2.05) is 5.38 Å². The molecule has 0 spiro atoms. The maximum absolute atomic E-state index is 12.2. The average molecular weight is 309 g/mol. The molecule has 1 fully saturated rings. The molecule has 0 atom stereocenters. The summed E-state index contributed by atoms with van der Waals surface area (Å²) in [4.78, 5) is 37.3. The fourth-order valence-electron chi connectivity index (χ4n) is 2.25. The lowest BCUT2D eigenvalue weighted by atomic mass is 9.98. The Morgan fingerprint density at radius 3 is 2.90 bits per heavy atom. The SMILES string of the molecule is CC1(C)C(=O)NCCN1C(=O)CCNC(=O)c1ccsc1. The van der Waals surface area contributed by atoms with Crippen molar-refractivity contribution in [1.29, 1.82) is 0 Å². The van der Waals surface area contributed by atoms with Gasteiger partial charge in [-0.15, -0.1) is 0 Å². The number of carbonyl (C=O) groups is 3. The van der Waals surface area contributed by atoms with Gasteiger partial charge in [-0.05, 0) is 25.3 Å². The van der Waals surface area contributed by atoms with Gasteiger partial charge in [-0.1, -0.05) is 0 Å². The van der Waals surface area contributed by atoms with Crippen LogP contribution in [0.1, 0.15) is 30.6 Å². The molecule has 0 saturated carbocycles. The normalized spacial score (nSPS) is 17.2. The van der Waals surface area contributed by atoms with Crippen molar-refractivity contribution in [3.05, 3.63) is 22.4 Å². The summed E-state index contributed by atoms with van der Waals surface area (Å²) in [5.41, 5.74) is -0.239. The van der Waals surface area contributed by atoms with E-state index in [2.05, 4.69) is 10.6 Å². The number of piperazine rings is 1. The smallest absolute Gasteiger partial charge is 0.252 e. The molecule has 2 heterocycles. The molecule has 1 aliphatic rings. The highest BCUT2D eigenvalue weighted by Gasteiger charge is 2.39. The molecule has 1 aliphatic heterocycles. The highest BCUT2D eigenvalue weighted by atomic mass is 32.1. The van der Waals surface area contributed by atoms with Crippen molar-refractivity contribution >= 4 is 29.1 Å². The molecule has 1 aromatic rings. The van der Waals surface area contributed by atoms with E-state index in [1.165, 1.54) is 11.3 Å². The number of nitrogens with zero attached hydrogens (tertiary/aromatic N) is 1. The molecule has 0 aromatic carbocycles. The monoisotopic (exact) mass is 309 g/mol. The van der Waals surface area contributed by atoms with Gasteiger partial charge in [0.15, 0.2) is 0 Å². The minimum atomic E-state index is -0.841. The van der Waals surface area contributed by atoms with Crippen molar-refractivity contribution in [3.8, 4) is 0 Å². The van der Waals surface area contributed by atoms with E-state index in [9.17, 15) is 14.4 Å². The number of hydrogen-bond donors (Lipinski definition) is 2. The summed E-state index contributed by atoms with van der Waals surface area (Å²) in [5.74, 6) is -0.454. The highest BCUT2D eigenvalue weighted by molar-refractivity contribution is 7.08. The zero-order valence-corrected chi connectivity index (χ0v) is 13.0. The molecule has 3 amide bonds. The molecule has 21 heavy (non-hydrogen) atoms. The first-order chi connectivity index (χ1) is 9.93. The first-order valence-electron chi connectivity index (χ1n) is 6.82. The zero-order valence-electron chi connectivity index (χ0n) is 12.1. The number of hydrogen-bond acceptors (Lipinski definition) is 4. The summed E-state index contributed by atoms with van der Waals surface area (Å²) >= 11 is 1.45. The van der Waals surface area contributed by atoms with Crippen LogP contribution in [-0.4, -0.2) is 47.8 Å². The first-order valence-corrected chi connectivity index (χ1v) is 7.76. The summed E-state index contributed by atoms with van der Waals surface area (Å²) in [7, 11) is 0. The van der Waals surface area contributed by atoms with Crippen molar-refractivity contribution < 1.29 is 14.4 Å². The maximum Gasteiger partial charge on any atom is 0.252 e. The summed E-state index contributed by atoms with van der Waals surface area (Å²) in [6, 6.07) is 1.74. The lowest BCUT2D eigenvalue weighted by Gasteiger charge is -2.41. The number of nitrogens with one attached hydrogen (secondary N) is 2. The van der Waals surface area contributed by atoms with Crippen LogP contribution in [0.3, 0.4) is 0 Å². The fourth-order valence-corrected chi connectivity index (χ4v) is 2.89. The Labute approximate surface area is 127 Å². The van der Waals surface area contributed by atoms with Crippen molar-refractivity contribution in [2.75, 3.05) is 19.6 Å². The second-order valence-electron chi connectivity index (χ2n) is 5.38. The Morgan fingerprint density at radius 1 is 1.48 bits per heavy atom. The number of rotatable bonds is 4. The molecule has 1 saturated heterocycles. The summed E-state index contributed by atoms with van der Waals surface area (Å²) in [6.45, 7) is 4.68. The number of amides is 3. The van der Waals surface area contributed by atoms with Crippen molar-refractivity contribution in [1.82, 2.24) is 15.5 Å². The molecule has 0 aliphatic carbocycles. The highest BCUT2D eigenvalue weighted by Crippen LogP contribution is 2.18. The molecular weight excluding hydrogens is 290 g/mol. The third-order valence-electron chi connectivity index (χ3n) is 3.56. The zero-order chi connectivity index (χ0) is 15.5. The topological polar surface area (TPSA) is 78.5 Å². The molecule has 2 rings (SSSR count). The molecule has 0 radical (unpaired) electrons. The van der Waals surface area contributed by atoms with E-state index >= 15 is 0 Å². The van der Waals surface area contributed by atoms with Gasteiger partial charge in [-0.3, -0.25) is 14.4 Å². The standard InChI is InChI=1S/C14H19N3O3S/c1-14(2)13(20)16-6-7-17(14)11(18)3-5-15-12(19)10-4-8-21-9-10/h4,8-9H,3,5-7H2,1-2H3,(H,15,19)(H,16,20). The van der Waals surface area contributed by atoms with Gasteiger partial charge < -0.3 is 15.5 Å². The minimum Gasteiger partial charge on any atom is -0.352 e. The lowest BCUT2D eigenvalue weighted by Crippen LogP contribution is -2.63. The molecule has 2 N–H and O–H groups in total. The first kappa shape index (κ1) is 15.5. The van der Waals surface area contributed by atoms with E-state index in [1.54, 1.807) is 30.2 Å². The molecule has 0 unspecified atom stereocenters. The predicted octanol–water partition coefficient (Wildman–Crippen LogP) is 0.605. The Bertz CT molecular complexity index is 540. The largest absolute Gasteiger partial charge is 0.352 e. The molecule has 1 aromatic heterocycles. The van der Waals surface area contributed by atoms with Crippen LogP contribution in [0, 0.1) is 0 Å². The van der Waals surface area contributed by atoms with Crippen molar-refractivity contribution in [2.45, 2.75) is 25.8 Å². The van der Waals surface area contributed by atoms with Crippen molar-refractivity contribution in [3.63, 3.8) is 0 Å². The van der Waals surface area contributed by atoms with Gasteiger partial charge in [0.1, 0.15) is 5.54 Å². The third kappa shape index (κ3) is 3.41. The van der Waals surface area contributed by atoms with Gasteiger partial charge in [-0.25, -0.2) is 0 Å². The van der Waals surface area contributed by atoms with Gasteiger partial charge in [0, 0.05) is 37.0 Å². The van der Waals surface area contributed by atoms with Crippen molar-refractivity contribution in [2.24, 2.45) is 0 Å². The quantitative estimate of drug-likeness (QED) is 0.855. The Balaban J connectivity index is 1.84. The van der Waals surface area contributed by atoms with Crippen LogP contribution >= 0.6 is 11.3 Å². The molecular formula is C14H19N3O3S. The van der Waals surface area contributed by atoms with Gasteiger partial charge >= 0.3 is 0 Å². The van der Waals surface area contributed by atoms with E-state index in [0.29, 0.717) is 18.7 Å². The number of carbonyl (C=O) groups excluding carboxylic acids is 3. The predicted molar refractivity (Wildman–Crippen MR) is 80.1 cm³/mol. The second kappa shape index (κ2) is 6.26. The summed E-state index contributed by atoms with van der Waals surface area (Å²) in [5, 5.41) is 9.05. The van der Waals surface area contributed by atoms with E-state index < -0.39 is 5.54 Å². The maximum atomic E-state index is 12.2. The minimum absolute atomic E-state index is 0.125. The van der Waals surface area contributed by atoms with Gasteiger partial charge in [0.05, 0.1) is 0 Å². The van der Waals surface area contributed by atoms with Crippen LogP contribution in [0.2, 0.25) is 0 Å². The van der Waals surface area contributed by atoms with E-state index in [-0.39, 0.29) is 30.7 Å². The van der Waals surface area contributed by atoms with Crippen LogP contribution in [0.5, 0.6) is 0 Å². The second-order valence-corrected chi connectivity index (χ2v) is 6.16. The Hall–Kier alpha value is -1.89. The number of thiophene rings is 1. The van der Waals surface area contributed by atoms with E-state index in [4.69, 9.17) is 0 Å². The van der Waals surface area contributed by atoms with Gasteiger partial charge in [0.25, 0.3) is 5.91 Å². The van der Waals surface area contributed by atoms with Gasteiger partial charge in [0.2, 0.25) is 11.8 Å². The summed E-state index contributed by atoms with van der Waals surface area (Å²) < 4.78 is 0. The van der Waals surface area contributed by atoms with Gasteiger partial charge in [-0.2, -0.15) is 11.3 Å². The van der Waals surface area contributed by atoms with Crippen LogP contribution < -0.4 is 10.6 Å². The molecule has 6 nitrogen and oxygen atoms in total. The summed E-state index contributed by atoms with van der Waals surface area (Å²) in [6.07, 6.45) is 0.187. The van der Waals surface area contributed by atoms with Crippen LogP contribution in [0.15, 0.2) is 16.8 Å². The van der Waals surface area contributed by atoms with Crippen LogP contribution in [0.4, 0.5) is 0 Å². The van der Waals surface area contributed by atoms with Crippen LogP contribution in [0.25, 0.3) is 0 Å². The molecule has 7 heteroatoms. The molecule has 0 bridgehead atoms. The Kier molecular flexibility index (Phi) is 4.62. The van der Waals surface area contributed by atoms with E-state index in [0.717, 1.165) is 0 Å². The van der Waals surface area contributed by atoms with Crippen LogP contribution in [-0.2, 0) is 9.59 Å². The Morgan fingerprint density at radius 2 is 2.24 bits per heavy atom. The molecule has 114 valence electrons.